The van der Waals surface area contributed by atoms with Crippen LogP contribution in [0.2, 0.25) is 0 Å². The molecule has 2 aromatic rings. The highest BCUT2D eigenvalue weighted by Crippen LogP contribution is 2.19. The Morgan fingerprint density at radius 3 is 2.50 bits per heavy atom. The summed E-state index contributed by atoms with van der Waals surface area (Å²) in [6, 6.07) is 10.1. The number of rotatable bonds is 1. The second-order valence-electron chi connectivity index (χ2n) is 3.22. The molecule has 0 atom stereocenters. The van der Waals surface area contributed by atoms with Crippen molar-refractivity contribution in [2.75, 3.05) is 0 Å². The molecular weight excluding hydrogens is 172 g/mol. The lowest BCUT2D eigenvalue weighted by Gasteiger charge is -2.04. The first-order valence-corrected chi connectivity index (χ1v) is 4.56. The maximum Gasteiger partial charge on any atom is 0.126 e. The molecule has 0 saturated heterocycles. The van der Waals surface area contributed by atoms with E-state index >= 15 is 0 Å². The van der Waals surface area contributed by atoms with E-state index in [1.54, 1.807) is 0 Å². The molecule has 0 aliphatic heterocycles. The quantitative estimate of drug-likeness (QED) is 0.679. The van der Waals surface area contributed by atoms with Gasteiger partial charge in [0.1, 0.15) is 5.82 Å². The minimum atomic E-state index is 0.759. The van der Waals surface area contributed by atoms with Gasteiger partial charge in [-0.2, -0.15) is 0 Å². The fourth-order valence-corrected chi connectivity index (χ4v) is 1.37. The van der Waals surface area contributed by atoms with Crippen molar-refractivity contribution in [1.82, 2.24) is 9.97 Å². The smallest absolute Gasteiger partial charge is 0.126 e. The van der Waals surface area contributed by atoms with E-state index in [4.69, 9.17) is 0 Å². The largest absolute Gasteiger partial charge is 0.233 e. The van der Waals surface area contributed by atoms with Crippen LogP contribution >= 0.6 is 0 Å². The Morgan fingerprint density at radius 1 is 1.07 bits per heavy atom. The molecule has 2 rings (SSSR count). The van der Waals surface area contributed by atoms with Gasteiger partial charge in [-0.25, -0.2) is 9.97 Å². The molecule has 69 valence electrons. The van der Waals surface area contributed by atoms with Crippen molar-refractivity contribution >= 4 is 0 Å². The van der Waals surface area contributed by atoms with Crippen LogP contribution in [-0.2, 0) is 0 Å². The summed E-state index contributed by atoms with van der Waals surface area (Å²) in [5, 5.41) is 0. The Kier molecular flexibility index (Phi) is 2.27. The van der Waals surface area contributed by atoms with Gasteiger partial charge >= 0.3 is 0 Å². The van der Waals surface area contributed by atoms with Gasteiger partial charge in [-0.1, -0.05) is 30.3 Å². The van der Waals surface area contributed by atoms with Gasteiger partial charge in [0, 0.05) is 11.1 Å². The standard InChI is InChI=1S/C12H11N2/c1-9-8-13-10(2)14-12(9)11-6-4-3-5-7-11/h3-7H,1-2H3. The summed E-state index contributed by atoms with van der Waals surface area (Å²) in [5.41, 5.74) is 3.08. The third-order valence-electron chi connectivity index (χ3n) is 2.06. The van der Waals surface area contributed by atoms with Gasteiger partial charge in [-0.05, 0) is 13.8 Å². The number of aryl methyl sites for hydroxylation is 2. The molecule has 0 fully saturated rings. The van der Waals surface area contributed by atoms with Crippen LogP contribution in [-0.4, -0.2) is 9.97 Å². The summed E-state index contributed by atoms with van der Waals surface area (Å²) in [6.07, 6.45) is 2.95. The first kappa shape index (κ1) is 8.88. The fourth-order valence-electron chi connectivity index (χ4n) is 1.37. The summed E-state index contributed by atoms with van der Waals surface area (Å²) in [7, 11) is 0. The highest BCUT2D eigenvalue weighted by Gasteiger charge is 2.03. The molecule has 1 heterocycles. The molecule has 0 spiro atoms. The Balaban J connectivity index is 2.57. The van der Waals surface area contributed by atoms with Crippen molar-refractivity contribution < 1.29 is 0 Å². The Morgan fingerprint density at radius 2 is 1.79 bits per heavy atom. The van der Waals surface area contributed by atoms with E-state index in [1.807, 2.05) is 44.2 Å². The average molecular weight is 183 g/mol. The molecule has 14 heavy (non-hydrogen) atoms. The van der Waals surface area contributed by atoms with Gasteiger partial charge in [0.05, 0.1) is 11.9 Å². The first-order valence-electron chi connectivity index (χ1n) is 4.56. The molecule has 0 bridgehead atoms. The molecule has 0 saturated carbocycles. The van der Waals surface area contributed by atoms with E-state index in [9.17, 15) is 0 Å². The Hall–Kier alpha value is -1.70. The monoisotopic (exact) mass is 183 g/mol. The molecule has 0 unspecified atom stereocenters. The number of hydrogen-bond acceptors (Lipinski definition) is 2. The summed E-state index contributed by atoms with van der Waals surface area (Å²) in [6.45, 7) is 3.85. The van der Waals surface area contributed by atoms with Gasteiger partial charge in [0.25, 0.3) is 0 Å². The normalized spacial score (nSPS) is 10.1. The molecule has 1 aromatic heterocycles. The van der Waals surface area contributed by atoms with Crippen LogP contribution in [0.15, 0.2) is 30.3 Å². The maximum atomic E-state index is 4.40. The van der Waals surface area contributed by atoms with Crippen molar-refractivity contribution in [3.05, 3.63) is 47.9 Å². The van der Waals surface area contributed by atoms with Crippen molar-refractivity contribution in [1.29, 1.82) is 0 Å². The van der Waals surface area contributed by atoms with Crippen molar-refractivity contribution in [3.8, 4) is 11.3 Å². The summed E-state index contributed by atoms with van der Waals surface area (Å²) in [5.74, 6) is 0.759. The predicted octanol–water partition coefficient (Wildman–Crippen LogP) is 2.56. The Labute approximate surface area is 83.7 Å². The van der Waals surface area contributed by atoms with E-state index < -0.39 is 0 Å². The van der Waals surface area contributed by atoms with E-state index in [2.05, 4.69) is 16.2 Å². The highest BCUT2D eigenvalue weighted by molar-refractivity contribution is 5.61. The van der Waals surface area contributed by atoms with Crippen molar-refractivity contribution in [2.24, 2.45) is 0 Å². The lowest BCUT2D eigenvalue weighted by Crippen LogP contribution is -1.94. The maximum absolute atomic E-state index is 4.40. The summed E-state index contributed by atoms with van der Waals surface area (Å²) in [4.78, 5) is 8.43. The van der Waals surface area contributed by atoms with Crippen molar-refractivity contribution in [3.63, 3.8) is 0 Å². The number of benzene rings is 1. The van der Waals surface area contributed by atoms with Crippen LogP contribution in [0.25, 0.3) is 11.3 Å². The second-order valence-corrected chi connectivity index (χ2v) is 3.22. The van der Waals surface area contributed by atoms with E-state index in [0.717, 1.165) is 22.6 Å². The zero-order valence-corrected chi connectivity index (χ0v) is 8.28. The SMILES string of the molecule is Cc1n[c]c(C)c(-c2ccccc2)n1. The third-order valence-corrected chi connectivity index (χ3v) is 2.06. The van der Waals surface area contributed by atoms with Crippen molar-refractivity contribution in [2.45, 2.75) is 13.8 Å². The molecule has 2 nitrogen and oxygen atoms in total. The van der Waals surface area contributed by atoms with Crippen LogP contribution in [0, 0.1) is 20.0 Å². The van der Waals surface area contributed by atoms with Gasteiger partial charge in [-0.3, -0.25) is 0 Å². The zero-order chi connectivity index (χ0) is 9.97. The van der Waals surface area contributed by atoms with Crippen LogP contribution < -0.4 is 0 Å². The lowest BCUT2D eigenvalue weighted by atomic mass is 10.1. The Bertz CT molecular complexity index is 435. The van der Waals surface area contributed by atoms with Gasteiger partial charge in [0.2, 0.25) is 0 Å². The number of aromatic nitrogens is 2. The van der Waals surface area contributed by atoms with E-state index in [0.29, 0.717) is 0 Å². The van der Waals surface area contributed by atoms with E-state index in [1.165, 1.54) is 0 Å². The number of hydrogen-bond donors (Lipinski definition) is 0. The summed E-state index contributed by atoms with van der Waals surface area (Å²) >= 11 is 0. The first-order chi connectivity index (χ1) is 6.77. The minimum absolute atomic E-state index is 0.759. The third kappa shape index (κ3) is 1.64. The molecule has 0 amide bonds. The van der Waals surface area contributed by atoms with Gasteiger partial charge in [0.15, 0.2) is 0 Å². The lowest BCUT2D eigenvalue weighted by molar-refractivity contribution is 1.03. The van der Waals surface area contributed by atoms with Crippen LogP contribution in [0.1, 0.15) is 11.4 Å². The second kappa shape index (κ2) is 3.58. The van der Waals surface area contributed by atoms with Crippen LogP contribution in [0.5, 0.6) is 0 Å². The van der Waals surface area contributed by atoms with Gasteiger partial charge in [-0.15, -0.1) is 0 Å². The topological polar surface area (TPSA) is 25.8 Å². The minimum Gasteiger partial charge on any atom is -0.233 e. The average Bonchev–Trinajstić information content (AvgIpc) is 2.23. The molecule has 2 heteroatoms. The van der Waals surface area contributed by atoms with Crippen LogP contribution in [0.3, 0.4) is 0 Å². The molecule has 1 aromatic carbocycles. The highest BCUT2D eigenvalue weighted by atomic mass is 14.9. The van der Waals surface area contributed by atoms with Crippen LogP contribution in [0.4, 0.5) is 0 Å². The number of nitrogens with zero attached hydrogens (tertiary/aromatic N) is 2. The fraction of sp³-hybridized carbons (Fsp3) is 0.167. The molecule has 0 aliphatic carbocycles. The molecular formula is C12H11N2. The molecule has 1 radical (unpaired) electrons. The van der Waals surface area contributed by atoms with Gasteiger partial charge < -0.3 is 0 Å². The molecule has 0 aliphatic rings. The van der Waals surface area contributed by atoms with E-state index in [-0.39, 0.29) is 0 Å². The predicted molar refractivity (Wildman–Crippen MR) is 55.8 cm³/mol. The molecule has 0 N–H and O–H groups in total. The zero-order valence-electron chi connectivity index (χ0n) is 8.28. The summed E-state index contributed by atoms with van der Waals surface area (Å²) < 4.78 is 0.